The fourth-order valence-electron chi connectivity index (χ4n) is 3.71. The average Bonchev–Trinajstić information content (AvgIpc) is 3.30. The Kier molecular flexibility index (Phi) is 9.55. The van der Waals surface area contributed by atoms with Gasteiger partial charge >= 0.3 is 0 Å². The third-order valence-electron chi connectivity index (χ3n) is 5.46. The number of rotatable bonds is 7. The first-order valence-corrected chi connectivity index (χ1v) is 10.9. The fourth-order valence-corrected chi connectivity index (χ4v) is 3.71. The van der Waals surface area contributed by atoms with Gasteiger partial charge in [0.05, 0.1) is 0 Å². The van der Waals surface area contributed by atoms with E-state index in [9.17, 15) is 4.39 Å². The third-order valence-corrected chi connectivity index (χ3v) is 5.46. The second-order valence-electron chi connectivity index (χ2n) is 7.80. The van der Waals surface area contributed by atoms with Crippen molar-refractivity contribution in [3.63, 3.8) is 0 Å². The molecule has 1 fully saturated rings. The van der Waals surface area contributed by atoms with E-state index in [1.54, 1.807) is 13.2 Å². The van der Waals surface area contributed by atoms with Crippen LogP contribution in [0.25, 0.3) is 11.6 Å². The van der Waals surface area contributed by atoms with Gasteiger partial charge in [0.1, 0.15) is 11.5 Å². The smallest absolute Gasteiger partial charge is 0.276 e. The van der Waals surface area contributed by atoms with Crippen LogP contribution in [0.4, 0.5) is 4.39 Å². The first-order valence-electron chi connectivity index (χ1n) is 10.9. The molecule has 2 aromatic heterocycles. The molecule has 0 unspecified atom stereocenters. The fraction of sp³-hybridized carbons (Fsp3) is 0.391. The molecule has 1 aliphatic heterocycles. The van der Waals surface area contributed by atoms with Crippen LogP contribution < -0.4 is 10.6 Å². The van der Waals surface area contributed by atoms with Gasteiger partial charge in [-0.25, -0.2) is 4.39 Å². The molecule has 10 heteroatoms. The normalized spacial score (nSPS) is 15.2. The van der Waals surface area contributed by atoms with E-state index in [0.29, 0.717) is 36.4 Å². The quantitative estimate of drug-likeness (QED) is 0.258. The number of benzene rings is 1. The Morgan fingerprint density at radius 1 is 1.18 bits per heavy atom. The van der Waals surface area contributed by atoms with Crippen LogP contribution >= 0.6 is 24.0 Å². The summed E-state index contributed by atoms with van der Waals surface area (Å²) in [6.07, 6.45) is 4.37. The number of hydrogen-bond donors (Lipinski definition) is 2. The van der Waals surface area contributed by atoms with Gasteiger partial charge in [-0.1, -0.05) is 23.4 Å². The summed E-state index contributed by atoms with van der Waals surface area (Å²) in [7, 11) is 1.77. The molecule has 1 saturated heterocycles. The molecule has 0 radical (unpaired) electrons. The lowest BCUT2D eigenvalue weighted by Gasteiger charge is -2.33. The first-order chi connectivity index (χ1) is 15.7. The lowest BCUT2D eigenvalue weighted by molar-refractivity contribution is 0.198. The highest BCUT2D eigenvalue weighted by Crippen LogP contribution is 2.15. The van der Waals surface area contributed by atoms with Crippen molar-refractivity contribution >= 4 is 29.9 Å². The zero-order valence-corrected chi connectivity index (χ0v) is 20.9. The van der Waals surface area contributed by atoms with E-state index in [-0.39, 0.29) is 29.8 Å². The lowest BCUT2D eigenvalue weighted by atomic mass is 10.0. The van der Waals surface area contributed by atoms with Gasteiger partial charge < -0.3 is 15.2 Å². The maximum Gasteiger partial charge on any atom is 0.276 e. The summed E-state index contributed by atoms with van der Waals surface area (Å²) in [6.45, 7) is 3.48. The number of pyridine rings is 1. The van der Waals surface area contributed by atoms with Crippen LogP contribution in [0.3, 0.4) is 0 Å². The van der Waals surface area contributed by atoms with Gasteiger partial charge in [0.25, 0.3) is 5.89 Å². The molecule has 8 nitrogen and oxygen atoms in total. The molecule has 2 N–H and O–H groups in total. The van der Waals surface area contributed by atoms with Crippen molar-refractivity contribution in [1.29, 1.82) is 0 Å². The molecule has 0 spiro atoms. The summed E-state index contributed by atoms with van der Waals surface area (Å²) in [5, 5.41) is 10.9. The largest absolute Gasteiger partial charge is 0.356 e. The summed E-state index contributed by atoms with van der Waals surface area (Å²) < 4.78 is 18.4. The van der Waals surface area contributed by atoms with Crippen LogP contribution in [0, 0.1) is 5.82 Å². The number of nitrogens with one attached hydrogen (secondary N) is 2. The van der Waals surface area contributed by atoms with Gasteiger partial charge in [-0.2, -0.15) is 4.98 Å². The molecule has 4 rings (SSSR count). The molecule has 33 heavy (non-hydrogen) atoms. The second kappa shape index (κ2) is 12.6. The minimum Gasteiger partial charge on any atom is -0.356 e. The standard InChI is InChI=1S/C23H28FN7O.HI/c1-25-23(27-13-9-21-29-22(32-30-21)20-4-2-3-12-26-20)28-19-10-14-31(15-11-19)16-17-5-7-18(24)8-6-17;/h2-8,12,19H,9-11,13-16H2,1H3,(H2,25,27,28);1H. The molecule has 3 aromatic rings. The number of guanidine groups is 1. The van der Waals surface area contributed by atoms with Crippen molar-refractivity contribution in [3.05, 3.63) is 65.9 Å². The maximum atomic E-state index is 13.1. The van der Waals surface area contributed by atoms with Crippen molar-refractivity contribution in [2.24, 2.45) is 4.99 Å². The monoisotopic (exact) mass is 565 g/mol. The van der Waals surface area contributed by atoms with Crippen molar-refractivity contribution in [2.45, 2.75) is 31.8 Å². The van der Waals surface area contributed by atoms with Crippen molar-refractivity contribution in [1.82, 2.24) is 30.7 Å². The number of piperidine rings is 1. The average molecular weight is 565 g/mol. The number of halogens is 2. The van der Waals surface area contributed by atoms with E-state index >= 15 is 0 Å². The van der Waals surface area contributed by atoms with E-state index in [1.807, 2.05) is 30.3 Å². The van der Waals surface area contributed by atoms with Gasteiger partial charge in [-0.15, -0.1) is 24.0 Å². The Labute approximate surface area is 210 Å². The van der Waals surface area contributed by atoms with Crippen LogP contribution in [0.5, 0.6) is 0 Å². The molecular formula is C23H29FIN7O. The summed E-state index contributed by atoms with van der Waals surface area (Å²) in [6, 6.07) is 12.7. The molecule has 0 aliphatic carbocycles. The second-order valence-corrected chi connectivity index (χ2v) is 7.80. The molecule has 176 valence electrons. The van der Waals surface area contributed by atoms with Crippen LogP contribution in [-0.2, 0) is 13.0 Å². The summed E-state index contributed by atoms with van der Waals surface area (Å²) in [4.78, 5) is 15.4. The Hall–Kier alpha value is -2.60. The Morgan fingerprint density at radius 2 is 1.97 bits per heavy atom. The van der Waals surface area contributed by atoms with Crippen LogP contribution in [0.1, 0.15) is 24.2 Å². The highest BCUT2D eigenvalue weighted by Gasteiger charge is 2.20. The van der Waals surface area contributed by atoms with E-state index in [0.717, 1.165) is 44.0 Å². The lowest BCUT2D eigenvalue weighted by Crippen LogP contribution is -2.48. The number of aliphatic imine (C=N–C) groups is 1. The zero-order chi connectivity index (χ0) is 22.2. The molecule has 0 bridgehead atoms. The summed E-state index contributed by atoms with van der Waals surface area (Å²) in [5.74, 6) is 1.64. The highest BCUT2D eigenvalue weighted by molar-refractivity contribution is 14.0. The number of aromatic nitrogens is 3. The Morgan fingerprint density at radius 3 is 2.67 bits per heavy atom. The minimum atomic E-state index is -0.191. The SMILES string of the molecule is CN=C(NCCc1noc(-c2ccccn2)n1)NC1CCN(Cc2ccc(F)cc2)CC1.I. The Balaban J connectivity index is 0.00000306. The third kappa shape index (κ3) is 7.46. The number of nitrogens with zero attached hydrogens (tertiary/aromatic N) is 5. The van der Waals surface area contributed by atoms with E-state index in [4.69, 9.17) is 4.52 Å². The van der Waals surface area contributed by atoms with Crippen LogP contribution in [0.15, 0.2) is 58.2 Å². The van der Waals surface area contributed by atoms with Gasteiger partial charge in [-0.05, 0) is 42.7 Å². The molecular weight excluding hydrogens is 536 g/mol. The van der Waals surface area contributed by atoms with Gasteiger partial charge in [0.15, 0.2) is 11.8 Å². The van der Waals surface area contributed by atoms with E-state index < -0.39 is 0 Å². The number of likely N-dealkylation sites (tertiary alicyclic amines) is 1. The predicted octanol–water partition coefficient (Wildman–Crippen LogP) is 3.26. The van der Waals surface area contributed by atoms with E-state index in [1.165, 1.54) is 12.1 Å². The minimum absolute atomic E-state index is 0. The van der Waals surface area contributed by atoms with E-state index in [2.05, 4.69) is 35.7 Å². The van der Waals surface area contributed by atoms with Crippen LogP contribution in [-0.4, -0.2) is 58.7 Å². The highest BCUT2D eigenvalue weighted by atomic mass is 127. The molecule has 1 aromatic carbocycles. The Bertz CT molecular complexity index is 1010. The topological polar surface area (TPSA) is 91.5 Å². The maximum absolute atomic E-state index is 13.1. The molecule has 0 atom stereocenters. The molecule has 0 saturated carbocycles. The van der Waals surface area contributed by atoms with Crippen molar-refractivity contribution in [3.8, 4) is 11.6 Å². The predicted molar refractivity (Wildman–Crippen MR) is 136 cm³/mol. The van der Waals surface area contributed by atoms with Gasteiger partial charge in [-0.3, -0.25) is 14.9 Å². The number of hydrogen-bond acceptors (Lipinski definition) is 6. The van der Waals surface area contributed by atoms with Gasteiger partial charge in [0.2, 0.25) is 0 Å². The van der Waals surface area contributed by atoms with Crippen LogP contribution in [0.2, 0.25) is 0 Å². The molecule has 3 heterocycles. The summed E-state index contributed by atoms with van der Waals surface area (Å²) >= 11 is 0. The van der Waals surface area contributed by atoms with Crippen molar-refractivity contribution < 1.29 is 8.91 Å². The molecule has 0 amide bonds. The first kappa shape index (κ1) is 25.0. The summed E-state index contributed by atoms with van der Waals surface area (Å²) in [5.41, 5.74) is 1.81. The molecule has 1 aliphatic rings. The zero-order valence-electron chi connectivity index (χ0n) is 18.6. The van der Waals surface area contributed by atoms with Crippen molar-refractivity contribution in [2.75, 3.05) is 26.7 Å². The van der Waals surface area contributed by atoms with Gasteiger partial charge in [0, 0.05) is 51.9 Å².